The maximum atomic E-state index is 6.01. The smallest absolute Gasteiger partial charge is 0.204 e. The lowest BCUT2D eigenvalue weighted by Crippen LogP contribution is -2.10. The number of imidazole rings is 1. The van der Waals surface area contributed by atoms with Crippen molar-refractivity contribution in [2.24, 2.45) is 7.05 Å². The Morgan fingerprint density at radius 1 is 1.15 bits per heavy atom. The predicted octanol–water partition coefficient (Wildman–Crippen LogP) is 4.40. The van der Waals surface area contributed by atoms with Crippen LogP contribution < -0.4 is 5.32 Å². The monoisotopic (exact) mass is 285 g/mol. The number of benzene rings is 2. The van der Waals surface area contributed by atoms with Gasteiger partial charge in [0.15, 0.2) is 0 Å². The Balaban J connectivity index is 1.93. The number of nitrogens with one attached hydrogen (secondary N) is 1. The van der Waals surface area contributed by atoms with Gasteiger partial charge in [0, 0.05) is 12.1 Å². The molecule has 20 heavy (non-hydrogen) atoms. The fourth-order valence-corrected chi connectivity index (χ4v) is 2.49. The highest BCUT2D eigenvalue weighted by Gasteiger charge is 2.11. The molecule has 0 aliphatic rings. The van der Waals surface area contributed by atoms with Crippen LogP contribution in [0.3, 0.4) is 0 Å². The summed E-state index contributed by atoms with van der Waals surface area (Å²) < 4.78 is 2.05. The Morgan fingerprint density at radius 3 is 2.65 bits per heavy atom. The number of aryl methyl sites for hydroxylation is 1. The molecule has 1 atom stereocenters. The highest BCUT2D eigenvalue weighted by atomic mass is 35.5. The van der Waals surface area contributed by atoms with Gasteiger partial charge < -0.3 is 9.88 Å². The number of hydrogen-bond donors (Lipinski definition) is 1. The van der Waals surface area contributed by atoms with Crippen molar-refractivity contribution in [1.29, 1.82) is 0 Å². The average molecular weight is 286 g/mol. The topological polar surface area (TPSA) is 29.9 Å². The van der Waals surface area contributed by atoms with Crippen LogP contribution in [0.4, 0.5) is 5.95 Å². The summed E-state index contributed by atoms with van der Waals surface area (Å²) >= 11 is 6.01. The van der Waals surface area contributed by atoms with Crippen LogP contribution in [0.15, 0.2) is 48.5 Å². The summed E-state index contributed by atoms with van der Waals surface area (Å²) in [5, 5.41) is 4.15. The lowest BCUT2D eigenvalue weighted by Gasteiger charge is -2.14. The minimum Gasteiger partial charge on any atom is -0.349 e. The second-order valence-electron chi connectivity index (χ2n) is 4.90. The molecule has 1 aromatic heterocycles. The van der Waals surface area contributed by atoms with Crippen LogP contribution in [0.2, 0.25) is 5.02 Å². The van der Waals surface area contributed by atoms with Gasteiger partial charge in [0.1, 0.15) is 0 Å². The van der Waals surface area contributed by atoms with E-state index in [1.807, 2.05) is 48.0 Å². The fraction of sp³-hybridized carbons (Fsp3) is 0.188. The van der Waals surface area contributed by atoms with Crippen LogP contribution in [0, 0.1) is 0 Å². The molecule has 0 saturated heterocycles. The Hall–Kier alpha value is -2.00. The van der Waals surface area contributed by atoms with Gasteiger partial charge in [-0.2, -0.15) is 0 Å². The van der Waals surface area contributed by atoms with E-state index in [1.54, 1.807) is 0 Å². The zero-order valence-electron chi connectivity index (χ0n) is 11.5. The molecule has 1 N–H and O–H groups in total. The first-order chi connectivity index (χ1) is 9.65. The van der Waals surface area contributed by atoms with Crippen LogP contribution in [0.25, 0.3) is 11.0 Å². The van der Waals surface area contributed by atoms with Gasteiger partial charge in [0.05, 0.1) is 17.1 Å². The van der Waals surface area contributed by atoms with Crippen molar-refractivity contribution < 1.29 is 0 Å². The van der Waals surface area contributed by atoms with Crippen LogP contribution in [0.1, 0.15) is 18.5 Å². The predicted molar refractivity (Wildman–Crippen MR) is 84.2 cm³/mol. The van der Waals surface area contributed by atoms with Crippen molar-refractivity contribution in [1.82, 2.24) is 9.55 Å². The summed E-state index contributed by atoms with van der Waals surface area (Å²) in [7, 11) is 2.00. The highest BCUT2D eigenvalue weighted by molar-refractivity contribution is 6.31. The summed E-state index contributed by atoms with van der Waals surface area (Å²) in [4.78, 5) is 4.61. The van der Waals surface area contributed by atoms with E-state index in [9.17, 15) is 0 Å². The van der Waals surface area contributed by atoms with Crippen molar-refractivity contribution in [3.8, 4) is 0 Å². The number of nitrogens with zero attached hydrogens (tertiary/aromatic N) is 2. The molecular weight excluding hydrogens is 270 g/mol. The maximum Gasteiger partial charge on any atom is 0.204 e. The number of aromatic nitrogens is 2. The number of hydrogen-bond acceptors (Lipinski definition) is 2. The summed E-state index contributed by atoms with van der Waals surface area (Å²) in [6, 6.07) is 16.3. The van der Waals surface area contributed by atoms with Crippen molar-refractivity contribution in [3.63, 3.8) is 0 Å². The second-order valence-corrected chi connectivity index (χ2v) is 5.34. The Bertz CT molecular complexity index is 734. The molecule has 0 saturated carbocycles. The van der Waals surface area contributed by atoms with Gasteiger partial charge in [-0.05, 0) is 30.7 Å². The van der Waals surface area contributed by atoms with E-state index in [0.717, 1.165) is 17.0 Å². The molecule has 0 bridgehead atoms. The fourth-order valence-electron chi connectivity index (χ4n) is 2.32. The minimum absolute atomic E-state index is 0.196. The van der Waals surface area contributed by atoms with Gasteiger partial charge in [0.25, 0.3) is 0 Å². The minimum atomic E-state index is 0.196. The van der Waals surface area contributed by atoms with Crippen LogP contribution in [0.5, 0.6) is 0 Å². The van der Waals surface area contributed by atoms with E-state index in [0.29, 0.717) is 5.02 Å². The highest BCUT2D eigenvalue weighted by Crippen LogP contribution is 2.24. The van der Waals surface area contributed by atoms with Gasteiger partial charge >= 0.3 is 0 Å². The zero-order valence-corrected chi connectivity index (χ0v) is 12.2. The molecule has 3 aromatic rings. The summed E-state index contributed by atoms with van der Waals surface area (Å²) in [5.41, 5.74) is 3.21. The summed E-state index contributed by atoms with van der Waals surface area (Å²) in [6.45, 7) is 2.13. The Kier molecular flexibility index (Phi) is 3.36. The van der Waals surface area contributed by atoms with Crippen molar-refractivity contribution in [3.05, 3.63) is 59.1 Å². The molecule has 1 unspecified atom stereocenters. The van der Waals surface area contributed by atoms with E-state index < -0.39 is 0 Å². The van der Waals surface area contributed by atoms with E-state index in [-0.39, 0.29) is 6.04 Å². The molecule has 0 fully saturated rings. The number of halogens is 1. The molecule has 0 amide bonds. The lowest BCUT2D eigenvalue weighted by atomic mass is 10.1. The van der Waals surface area contributed by atoms with Crippen LogP contribution >= 0.6 is 11.6 Å². The molecule has 3 rings (SSSR count). The van der Waals surface area contributed by atoms with E-state index in [2.05, 4.69) is 29.4 Å². The third-order valence-electron chi connectivity index (χ3n) is 3.49. The molecule has 3 nitrogen and oxygen atoms in total. The Labute approximate surface area is 123 Å². The van der Waals surface area contributed by atoms with E-state index >= 15 is 0 Å². The SMILES string of the molecule is CC(Nc1nc2cc(Cl)ccc2n1C)c1ccccc1. The first kappa shape index (κ1) is 13.0. The van der Waals surface area contributed by atoms with Crippen molar-refractivity contribution in [2.45, 2.75) is 13.0 Å². The van der Waals surface area contributed by atoms with E-state index in [1.165, 1.54) is 5.56 Å². The molecule has 2 aromatic carbocycles. The molecule has 0 aliphatic heterocycles. The standard InChI is InChI=1S/C16H16ClN3/c1-11(12-6-4-3-5-7-12)18-16-19-14-10-13(17)8-9-15(14)20(16)2/h3-11H,1-2H3,(H,18,19). The number of rotatable bonds is 3. The van der Waals surface area contributed by atoms with Gasteiger partial charge in [-0.15, -0.1) is 0 Å². The third-order valence-corrected chi connectivity index (χ3v) is 3.72. The quantitative estimate of drug-likeness (QED) is 0.773. The molecule has 1 heterocycles. The van der Waals surface area contributed by atoms with Crippen LogP contribution in [-0.2, 0) is 7.05 Å². The van der Waals surface area contributed by atoms with Gasteiger partial charge in [0.2, 0.25) is 5.95 Å². The zero-order chi connectivity index (χ0) is 14.1. The molecule has 4 heteroatoms. The van der Waals surface area contributed by atoms with Crippen molar-refractivity contribution in [2.75, 3.05) is 5.32 Å². The third kappa shape index (κ3) is 2.37. The maximum absolute atomic E-state index is 6.01. The molecular formula is C16H16ClN3. The lowest BCUT2D eigenvalue weighted by molar-refractivity contribution is 0.832. The second kappa shape index (κ2) is 5.17. The molecule has 102 valence electrons. The van der Waals surface area contributed by atoms with Gasteiger partial charge in [-0.3, -0.25) is 0 Å². The molecule has 0 aliphatic carbocycles. The van der Waals surface area contributed by atoms with Gasteiger partial charge in [-0.1, -0.05) is 41.9 Å². The summed E-state index contributed by atoms with van der Waals surface area (Å²) in [5.74, 6) is 0.846. The van der Waals surface area contributed by atoms with Crippen molar-refractivity contribution >= 4 is 28.6 Å². The number of anilines is 1. The molecule has 0 spiro atoms. The average Bonchev–Trinajstić information content (AvgIpc) is 2.75. The normalized spacial score (nSPS) is 12.6. The number of fused-ring (bicyclic) bond motifs is 1. The first-order valence-corrected chi connectivity index (χ1v) is 6.96. The molecule has 0 radical (unpaired) electrons. The first-order valence-electron chi connectivity index (χ1n) is 6.58. The summed E-state index contributed by atoms with van der Waals surface area (Å²) in [6.07, 6.45) is 0. The van der Waals surface area contributed by atoms with Gasteiger partial charge in [-0.25, -0.2) is 4.98 Å². The van der Waals surface area contributed by atoms with Crippen LogP contribution in [-0.4, -0.2) is 9.55 Å². The largest absolute Gasteiger partial charge is 0.349 e. The Morgan fingerprint density at radius 2 is 1.90 bits per heavy atom. The van der Waals surface area contributed by atoms with E-state index in [4.69, 9.17) is 11.6 Å².